The summed E-state index contributed by atoms with van der Waals surface area (Å²) < 4.78 is 0.754. The van der Waals surface area contributed by atoms with E-state index >= 15 is 0 Å². The van der Waals surface area contributed by atoms with Gasteiger partial charge in [0.05, 0.1) is 6.54 Å². The van der Waals surface area contributed by atoms with E-state index in [0.717, 1.165) is 9.22 Å². The molecule has 0 unspecified atom stereocenters. The molecule has 0 aliphatic rings. The van der Waals surface area contributed by atoms with E-state index in [9.17, 15) is 4.79 Å². The number of carbonyl (C=O) groups is 2. The second-order valence-corrected chi connectivity index (χ2v) is 9.85. The van der Waals surface area contributed by atoms with Crippen molar-refractivity contribution in [2.75, 3.05) is 25.6 Å². The summed E-state index contributed by atoms with van der Waals surface area (Å²) in [4.78, 5) is 22.7. The van der Waals surface area contributed by atoms with Crippen molar-refractivity contribution in [2.24, 2.45) is 0 Å². The predicted octanol–water partition coefficient (Wildman–Crippen LogP) is 5.70. The van der Waals surface area contributed by atoms with Crippen LogP contribution in [0.15, 0.2) is 78.0 Å². The van der Waals surface area contributed by atoms with E-state index in [2.05, 4.69) is 78.2 Å². The zero-order valence-electron chi connectivity index (χ0n) is 21.2. The second-order valence-electron chi connectivity index (χ2n) is 6.95. The molecule has 1 aromatic heterocycles. The Labute approximate surface area is 228 Å². The molecule has 3 N–H and O–H groups in total. The number of nitrogens with one attached hydrogen (secondary N) is 2. The first-order valence-electron chi connectivity index (χ1n) is 11.1. The van der Waals surface area contributed by atoms with Crippen molar-refractivity contribution in [1.29, 1.82) is 0 Å². The zero-order valence-corrected chi connectivity index (χ0v) is 23.6. The van der Waals surface area contributed by atoms with Gasteiger partial charge in [0.2, 0.25) is 0 Å². The smallest absolute Gasteiger partial charge is 0.317 e. The van der Waals surface area contributed by atoms with Crippen molar-refractivity contribution in [2.45, 2.75) is 25.3 Å². The van der Waals surface area contributed by atoms with Crippen molar-refractivity contribution in [3.05, 3.63) is 84.2 Å². The summed E-state index contributed by atoms with van der Waals surface area (Å²) in [7, 11) is 1.59. The van der Waals surface area contributed by atoms with E-state index in [0.29, 0.717) is 6.54 Å². The summed E-state index contributed by atoms with van der Waals surface area (Å²) in [6.07, 6.45) is 5.68. The van der Waals surface area contributed by atoms with Gasteiger partial charge in [-0.1, -0.05) is 73.4 Å². The van der Waals surface area contributed by atoms with Gasteiger partial charge < -0.3 is 20.5 Å². The zero-order chi connectivity index (χ0) is 27.2. The number of thioether (sulfide) groups is 2. The highest BCUT2D eigenvalue weighted by atomic mass is 32.2. The van der Waals surface area contributed by atoms with E-state index in [1.54, 1.807) is 13.2 Å². The summed E-state index contributed by atoms with van der Waals surface area (Å²) in [6.45, 7) is 7.04. The number of nitrogens with zero attached hydrogens (tertiary/aromatic N) is 1. The summed E-state index contributed by atoms with van der Waals surface area (Å²) in [5, 5.41) is 13.6. The van der Waals surface area contributed by atoms with Gasteiger partial charge in [0, 0.05) is 23.8 Å². The molecule has 36 heavy (non-hydrogen) atoms. The van der Waals surface area contributed by atoms with Crippen LogP contribution in [0.4, 0.5) is 0 Å². The van der Waals surface area contributed by atoms with Gasteiger partial charge in [0.15, 0.2) is 0 Å². The molecular formula is C27H35N3O3S3. The van der Waals surface area contributed by atoms with E-state index in [1.165, 1.54) is 39.8 Å². The fourth-order valence-corrected chi connectivity index (χ4v) is 3.56. The Morgan fingerprint density at radius 3 is 2.28 bits per heavy atom. The van der Waals surface area contributed by atoms with Gasteiger partial charge >= 0.3 is 5.97 Å². The standard InChI is InChI=1S/C20H18N2S2.C3H7NO2.C3H8S.CH2O/c1-15-9-10-16(12-19(15)17-6-3-2-4-7-17)13-22-20(23)24-18-8-5-11-21-14-18;1-4-2-3(5)6;1-3-4-2;1-2/h2-12,14H,13H2,1H3,(H,22,23);4H,2H2,1H3,(H,5,6);3H2,1-2H3;1H2. The molecule has 9 heteroatoms. The van der Waals surface area contributed by atoms with Gasteiger partial charge in [-0.2, -0.15) is 11.8 Å². The van der Waals surface area contributed by atoms with Crippen LogP contribution in [0.2, 0.25) is 0 Å². The van der Waals surface area contributed by atoms with Crippen molar-refractivity contribution >= 4 is 52.8 Å². The fraction of sp³-hybridized carbons (Fsp3) is 0.259. The summed E-state index contributed by atoms with van der Waals surface area (Å²) in [5.41, 5.74) is 5.00. The molecule has 0 spiro atoms. The molecule has 0 amide bonds. The maximum absolute atomic E-state index is 9.54. The second kappa shape index (κ2) is 21.6. The lowest BCUT2D eigenvalue weighted by Gasteiger charge is -2.11. The SMILES string of the molecule is C=O.CCSC.CNCC(=O)O.Cc1ccc(CNC(=S)Sc2cccnc2)cc1-c1ccccc1. The summed E-state index contributed by atoms with van der Waals surface area (Å²) >= 11 is 8.79. The van der Waals surface area contributed by atoms with Gasteiger partial charge in [-0.3, -0.25) is 9.78 Å². The van der Waals surface area contributed by atoms with Crippen LogP contribution < -0.4 is 10.6 Å². The Morgan fingerprint density at radius 1 is 1.11 bits per heavy atom. The van der Waals surface area contributed by atoms with Crippen LogP contribution in [0.25, 0.3) is 11.1 Å². The number of carbonyl (C=O) groups excluding carboxylic acids is 1. The number of likely N-dealkylation sites (N-methyl/N-ethyl adjacent to an activating group) is 1. The van der Waals surface area contributed by atoms with Crippen LogP contribution >= 0.6 is 35.7 Å². The van der Waals surface area contributed by atoms with Gasteiger partial charge in [-0.05, 0) is 66.4 Å². The van der Waals surface area contributed by atoms with E-state index in [1.807, 2.05) is 42.9 Å². The highest BCUT2D eigenvalue weighted by Gasteiger charge is 2.05. The van der Waals surface area contributed by atoms with Crippen molar-refractivity contribution < 1.29 is 14.7 Å². The lowest BCUT2D eigenvalue weighted by atomic mass is 9.98. The first kappa shape index (κ1) is 33.3. The molecule has 3 aromatic rings. The number of hydrogen-bond acceptors (Lipinski definition) is 7. The topological polar surface area (TPSA) is 91.3 Å². The largest absolute Gasteiger partial charge is 0.480 e. The average molecular weight is 546 g/mol. The van der Waals surface area contributed by atoms with Crippen LogP contribution in [-0.4, -0.2) is 52.8 Å². The summed E-state index contributed by atoms with van der Waals surface area (Å²) in [5.74, 6) is 0.414. The van der Waals surface area contributed by atoms with Gasteiger partial charge in [-0.25, -0.2) is 0 Å². The third-order valence-electron chi connectivity index (χ3n) is 4.29. The molecule has 3 rings (SSSR count). The minimum absolute atomic E-state index is 0.0417. The molecule has 1 heterocycles. The van der Waals surface area contributed by atoms with Crippen molar-refractivity contribution in [3.8, 4) is 11.1 Å². The third kappa shape index (κ3) is 15.3. The molecule has 0 radical (unpaired) electrons. The number of thiocarbonyl (C=S) groups is 1. The molecule has 0 atom stereocenters. The molecule has 0 aliphatic carbocycles. The number of rotatable bonds is 7. The first-order chi connectivity index (χ1) is 17.4. The fourth-order valence-electron chi connectivity index (χ4n) is 2.58. The lowest BCUT2D eigenvalue weighted by molar-refractivity contribution is -0.135. The Bertz CT molecular complexity index is 1000. The molecule has 6 nitrogen and oxygen atoms in total. The van der Waals surface area contributed by atoms with Gasteiger partial charge in [-0.15, -0.1) is 0 Å². The molecule has 0 aliphatic heterocycles. The molecule has 0 fully saturated rings. The molecule has 2 aromatic carbocycles. The van der Waals surface area contributed by atoms with Crippen LogP contribution in [0.1, 0.15) is 18.1 Å². The minimum Gasteiger partial charge on any atom is -0.480 e. The third-order valence-corrected chi connectivity index (χ3v) is 6.06. The number of aryl methyl sites for hydroxylation is 1. The number of carboxylic acid groups (broad SMARTS) is 1. The van der Waals surface area contributed by atoms with Crippen molar-refractivity contribution in [1.82, 2.24) is 15.6 Å². The average Bonchev–Trinajstić information content (AvgIpc) is 2.91. The normalized spacial score (nSPS) is 9.22. The first-order valence-corrected chi connectivity index (χ1v) is 13.7. The Morgan fingerprint density at radius 2 is 1.78 bits per heavy atom. The Kier molecular flexibility index (Phi) is 19.9. The molecular weight excluding hydrogens is 511 g/mol. The van der Waals surface area contributed by atoms with E-state index in [-0.39, 0.29) is 6.54 Å². The monoisotopic (exact) mass is 545 g/mol. The number of aromatic nitrogens is 1. The van der Waals surface area contributed by atoms with E-state index < -0.39 is 5.97 Å². The van der Waals surface area contributed by atoms with Gasteiger partial charge in [0.1, 0.15) is 11.1 Å². The Balaban J connectivity index is 0.000000860. The quantitative estimate of drug-likeness (QED) is 0.255. The molecule has 194 valence electrons. The number of carboxylic acids is 1. The molecule has 0 saturated carbocycles. The highest BCUT2D eigenvalue weighted by Crippen LogP contribution is 2.24. The van der Waals surface area contributed by atoms with Crippen LogP contribution in [0.5, 0.6) is 0 Å². The molecule has 0 bridgehead atoms. The number of aliphatic carboxylic acids is 1. The van der Waals surface area contributed by atoms with E-state index in [4.69, 9.17) is 22.1 Å². The van der Waals surface area contributed by atoms with Crippen LogP contribution in [0, 0.1) is 6.92 Å². The maximum atomic E-state index is 9.54. The Hall–Kier alpha value is -2.72. The van der Waals surface area contributed by atoms with Crippen molar-refractivity contribution in [3.63, 3.8) is 0 Å². The highest BCUT2D eigenvalue weighted by molar-refractivity contribution is 8.23. The predicted molar refractivity (Wildman–Crippen MR) is 159 cm³/mol. The summed E-state index contributed by atoms with van der Waals surface area (Å²) in [6, 6.07) is 20.9. The number of pyridine rings is 1. The van der Waals surface area contributed by atoms with Crippen LogP contribution in [-0.2, 0) is 16.1 Å². The minimum atomic E-state index is -0.822. The molecule has 0 saturated heterocycles. The maximum Gasteiger partial charge on any atom is 0.317 e. The van der Waals surface area contributed by atoms with Crippen LogP contribution in [0.3, 0.4) is 0 Å². The number of benzene rings is 2. The van der Waals surface area contributed by atoms with Gasteiger partial charge in [0.25, 0.3) is 0 Å². The lowest BCUT2D eigenvalue weighted by Crippen LogP contribution is -2.17. The number of hydrogen-bond donors (Lipinski definition) is 3.